The summed E-state index contributed by atoms with van der Waals surface area (Å²) in [4.78, 5) is 10.5. The van der Waals surface area contributed by atoms with E-state index in [1.54, 1.807) is 25.7 Å². The van der Waals surface area contributed by atoms with Crippen molar-refractivity contribution in [2.45, 2.75) is 19.9 Å². The molecular formula is C9H16N4O2S. The Hall–Kier alpha value is -1.24. The Kier molecular flexibility index (Phi) is 4.17. The van der Waals surface area contributed by atoms with Gasteiger partial charge in [-0.2, -0.15) is 16.9 Å². The van der Waals surface area contributed by atoms with Crippen molar-refractivity contribution >= 4 is 23.3 Å². The van der Waals surface area contributed by atoms with E-state index >= 15 is 0 Å². The van der Waals surface area contributed by atoms with Gasteiger partial charge >= 0.3 is 5.69 Å². The molecule has 90 valence electrons. The third-order valence-corrected chi connectivity index (χ3v) is 3.01. The van der Waals surface area contributed by atoms with Gasteiger partial charge in [-0.25, -0.2) is 4.68 Å². The number of nitrogens with one attached hydrogen (secondary N) is 1. The molecule has 1 atom stereocenters. The maximum absolute atomic E-state index is 10.9. The van der Waals surface area contributed by atoms with E-state index < -0.39 is 4.92 Å². The van der Waals surface area contributed by atoms with Gasteiger partial charge in [-0.15, -0.1) is 0 Å². The number of anilines is 1. The highest BCUT2D eigenvalue weighted by Crippen LogP contribution is 2.27. The number of hydrogen-bond donors (Lipinski definition) is 1. The van der Waals surface area contributed by atoms with Crippen LogP contribution in [0.25, 0.3) is 0 Å². The van der Waals surface area contributed by atoms with Gasteiger partial charge in [-0.05, 0) is 20.1 Å². The molecule has 0 aromatic carbocycles. The zero-order chi connectivity index (χ0) is 12.3. The van der Waals surface area contributed by atoms with Crippen LogP contribution in [0.1, 0.15) is 12.6 Å². The van der Waals surface area contributed by atoms with Crippen molar-refractivity contribution in [3.8, 4) is 0 Å². The van der Waals surface area contributed by atoms with Crippen LogP contribution in [0.15, 0.2) is 0 Å². The van der Waals surface area contributed by atoms with Crippen LogP contribution in [-0.2, 0) is 7.05 Å². The number of aromatic nitrogens is 2. The van der Waals surface area contributed by atoms with Gasteiger partial charge in [0.05, 0.1) is 4.92 Å². The van der Waals surface area contributed by atoms with Gasteiger partial charge in [0.25, 0.3) is 0 Å². The Balaban J connectivity index is 2.98. The summed E-state index contributed by atoms with van der Waals surface area (Å²) >= 11 is 1.69. The van der Waals surface area contributed by atoms with Crippen LogP contribution in [-0.4, -0.2) is 32.8 Å². The summed E-state index contributed by atoms with van der Waals surface area (Å²) in [6.07, 6.45) is 2.00. The predicted octanol–water partition coefficient (Wildman–Crippen LogP) is 1.80. The van der Waals surface area contributed by atoms with Crippen molar-refractivity contribution in [1.29, 1.82) is 0 Å². The second-order valence-electron chi connectivity index (χ2n) is 3.66. The van der Waals surface area contributed by atoms with Crippen molar-refractivity contribution in [3.05, 3.63) is 15.8 Å². The molecule has 0 aliphatic heterocycles. The van der Waals surface area contributed by atoms with Gasteiger partial charge in [0.1, 0.15) is 5.69 Å². The molecule has 0 radical (unpaired) electrons. The molecular weight excluding hydrogens is 228 g/mol. The van der Waals surface area contributed by atoms with Gasteiger partial charge in [0, 0.05) is 18.8 Å². The molecule has 0 aliphatic rings. The normalized spacial score (nSPS) is 12.5. The Morgan fingerprint density at radius 1 is 1.69 bits per heavy atom. The molecule has 0 amide bonds. The fraction of sp³-hybridized carbons (Fsp3) is 0.667. The number of hydrogen-bond acceptors (Lipinski definition) is 5. The van der Waals surface area contributed by atoms with Crippen LogP contribution < -0.4 is 5.32 Å². The average molecular weight is 244 g/mol. The molecule has 0 fully saturated rings. The van der Waals surface area contributed by atoms with Gasteiger partial charge in [0.15, 0.2) is 0 Å². The topological polar surface area (TPSA) is 73.0 Å². The van der Waals surface area contributed by atoms with E-state index in [1.807, 2.05) is 13.2 Å². The molecule has 0 saturated carbocycles. The van der Waals surface area contributed by atoms with E-state index in [-0.39, 0.29) is 11.7 Å². The zero-order valence-corrected chi connectivity index (χ0v) is 10.7. The van der Waals surface area contributed by atoms with Crippen LogP contribution in [0.2, 0.25) is 0 Å². The first kappa shape index (κ1) is 12.8. The van der Waals surface area contributed by atoms with Crippen molar-refractivity contribution in [2.24, 2.45) is 7.05 Å². The highest BCUT2D eigenvalue weighted by molar-refractivity contribution is 7.98. The van der Waals surface area contributed by atoms with Gasteiger partial charge < -0.3 is 5.32 Å². The first-order valence-corrected chi connectivity index (χ1v) is 6.30. The Morgan fingerprint density at radius 2 is 2.31 bits per heavy atom. The van der Waals surface area contributed by atoms with Crippen molar-refractivity contribution in [3.63, 3.8) is 0 Å². The summed E-state index contributed by atoms with van der Waals surface area (Å²) in [5, 5.41) is 18.1. The Labute approximate surface area is 98.6 Å². The van der Waals surface area contributed by atoms with Crippen LogP contribution in [0.5, 0.6) is 0 Å². The number of nitrogens with zero attached hydrogens (tertiary/aromatic N) is 3. The van der Waals surface area contributed by atoms with E-state index in [1.165, 1.54) is 4.68 Å². The molecule has 1 aromatic heterocycles. The molecule has 1 aromatic rings. The van der Waals surface area contributed by atoms with E-state index in [0.29, 0.717) is 11.5 Å². The second-order valence-corrected chi connectivity index (χ2v) is 4.57. The SMILES string of the molecule is CSCC(C)Nc1c([N+](=O)[O-])c(C)nn1C. The lowest BCUT2D eigenvalue weighted by Gasteiger charge is -2.12. The third kappa shape index (κ3) is 2.66. The molecule has 0 saturated heterocycles. The first-order chi connectivity index (χ1) is 7.47. The summed E-state index contributed by atoms with van der Waals surface area (Å²) < 4.78 is 1.52. The van der Waals surface area contributed by atoms with E-state index in [9.17, 15) is 10.1 Å². The molecule has 16 heavy (non-hydrogen) atoms. The predicted molar refractivity (Wildman–Crippen MR) is 66.1 cm³/mol. The molecule has 1 unspecified atom stereocenters. The van der Waals surface area contributed by atoms with Gasteiger partial charge in [0.2, 0.25) is 5.82 Å². The smallest absolute Gasteiger partial charge is 0.333 e. The minimum absolute atomic E-state index is 0.0652. The van der Waals surface area contributed by atoms with E-state index in [2.05, 4.69) is 10.4 Å². The van der Waals surface area contributed by atoms with Gasteiger partial charge in [-0.1, -0.05) is 0 Å². The van der Waals surface area contributed by atoms with Crippen molar-refractivity contribution < 1.29 is 4.92 Å². The number of aryl methyl sites for hydroxylation is 2. The lowest BCUT2D eigenvalue weighted by Crippen LogP contribution is -2.20. The quantitative estimate of drug-likeness (QED) is 0.631. The maximum Gasteiger partial charge on any atom is 0.333 e. The van der Waals surface area contributed by atoms with Crippen LogP contribution >= 0.6 is 11.8 Å². The fourth-order valence-electron chi connectivity index (χ4n) is 1.55. The summed E-state index contributed by atoms with van der Waals surface area (Å²) in [6.45, 7) is 3.63. The Morgan fingerprint density at radius 3 is 2.81 bits per heavy atom. The molecule has 6 nitrogen and oxygen atoms in total. The van der Waals surface area contributed by atoms with E-state index in [0.717, 1.165) is 5.75 Å². The van der Waals surface area contributed by atoms with Crippen LogP contribution in [0.4, 0.5) is 11.5 Å². The minimum atomic E-state index is -0.392. The van der Waals surface area contributed by atoms with Gasteiger partial charge in [-0.3, -0.25) is 10.1 Å². The summed E-state index contributed by atoms with van der Waals surface area (Å²) in [7, 11) is 1.70. The molecule has 0 spiro atoms. The number of rotatable bonds is 5. The van der Waals surface area contributed by atoms with E-state index in [4.69, 9.17) is 0 Å². The van der Waals surface area contributed by atoms with Crippen molar-refractivity contribution in [1.82, 2.24) is 9.78 Å². The van der Waals surface area contributed by atoms with Crippen LogP contribution in [0, 0.1) is 17.0 Å². The molecule has 1 heterocycles. The largest absolute Gasteiger partial charge is 0.361 e. The molecule has 0 bridgehead atoms. The zero-order valence-electron chi connectivity index (χ0n) is 9.85. The van der Waals surface area contributed by atoms with Crippen LogP contribution in [0.3, 0.4) is 0 Å². The lowest BCUT2D eigenvalue weighted by molar-refractivity contribution is -0.384. The highest BCUT2D eigenvalue weighted by Gasteiger charge is 2.24. The molecule has 0 aliphatic carbocycles. The minimum Gasteiger partial charge on any atom is -0.361 e. The number of thioether (sulfide) groups is 1. The van der Waals surface area contributed by atoms with Crippen molar-refractivity contribution in [2.75, 3.05) is 17.3 Å². The Bertz CT molecular complexity index is 391. The second kappa shape index (κ2) is 5.20. The fourth-order valence-corrected chi connectivity index (χ4v) is 2.14. The third-order valence-electron chi connectivity index (χ3n) is 2.17. The molecule has 1 rings (SSSR count). The maximum atomic E-state index is 10.9. The molecule has 1 N–H and O–H groups in total. The average Bonchev–Trinajstić information content (AvgIpc) is 2.41. The number of nitro groups is 1. The first-order valence-electron chi connectivity index (χ1n) is 4.90. The lowest BCUT2D eigenvalue weighted by atomic mass is 10.3. The molecule has 7 heteroatoms. The highest BCUT2D eigenvalue weighted by atomic mass is 32.2. The summed E-state index contributed by atoms with van der Waals surface area (Å²) in [6, 6.07) is 0.170. The summed E-state index contributed by atoms with van der Waals surface area (Å²) in [5.41, 5.74) is 0.502. The standard InChI is InChI=1S/C9H16N4O2S/c1-6(5-16-4)10-9-8(13(14)15)7(2)11-12(9)3/h6,10H,5H2,1-4H3. The summed E-state index contributed by atoms with van der Waals surface area (Å²) in [5.74, 6) is 1.37. The monoisotopic (exact) mass is 244 g/mol.